The maximum atomic E-state index is 12.2. The number of hydrogen-bond donors (Lipinski definition) is 1. The van der Waals surface area contributed by atoms with Crippen molar-refractivity contribution in [2.45, 2.75) is 19.9 Å². The molecule has 0 saturated heterocycles. The lowest BCUT2D eigenvalue weighted by Gasteiger charge is -2.08. The van der Waals surface area contributed by atoms with Gasteiger partial charge in [-0.1, -0.05) is 36.7 Å². The molecule has 122 valence electrons. The molecule has 6 nitrogen and oxygen atoms in total. The maximum Gasteiger partial charge on any atom is 0.248 e. The average molecular weight is 342 g/mol. The number of para-hydroxylation sites is 1. The Labute approximate surface area is 144 Å². The summed E-state index contributed by atoms with van der Waals surface area (Å²) in [6.45, 7) is 2.04. The molecule has 3 aromatic rings. The Bertz CT molecular complexity index is 844. The highest BCUT2D eigenvalue weighted by atomic mass is 35.5. The Hall–Kier alpha value is -2.73. The van der Waals surface area contributed by atoms with Crippen LogP contribution in [0.25, 0.3) is 11.4 Å². The number of rotatable bonds is 5. The fourth-order valence-corrected chi connectivity index (χ4v) is 2.42. The molecular weight excluding hydrogens is 326 g/mol. The van der Waals surface area contributed by atoms with Crippen LogP contribution in [0.5, 0.6) is 0 Å². The Balaban J connectivity index is 1.68. The summed E-state index contributed by atoms with van der Waals surface area (Å²) in [7, 11) is 0. The van der Waals surface area contributed by atoms with Crippen molar-refractivity contribution in [3.63, 3.8) is 0 Å². The summed E-state index contributed by atoms with van der Waals surface area (Å²) in [5, 5.41) is 15.6. The van der Waals surface area contributed by atoms with Gasteiger partial charge in [0.15, 0.2) is 0 Å². The first kappa shape index (κ1) is 16.1. The molecular formula is C17H16ClN5O. The summed E-state index contributed by atoms with van der Waals surface area (Å²) in [6.07, 6.45) is 0.846. The first-order chi connectivity index (χ1) is 11.7. The van der Waals surface area contributed by atoms with E-state index < -0.39 is 0 Å². The van der Waals surface area contributed by atoms with E-state index in [1.54, 1.807) is 24.3 Å². The van der Waals surface area contributed by atoms with Crippen LogP contribution < -0.4 is 5.32 Å². The minimum absolute atomic E-state index is 0.00135. The van der Waals surface area contributed by atoms with E-state index in [1.807, 2.05) is 31.2 Å². The van der Waals surface area contributed by atoms with Gasteiger partial charge in [0.05, 0.1) is 0 Å². The second-order valence-electron chi connectivity index (χ2n) is 5.21. The van der Waals surface area contributed by atoms with Crippen molar-refractivity contribution in [3.8, 4) is 11.4 Å². The highest BCUT2D eigenvalue weighted by Crippen LogP contribution is 2.17. The predicted octanol–water partition coefficient (Wildman–Crippen LogP) is 3.19. The van der Waals surface area contributed by atoms with E-state index in [1.165, 1.54) is 4.80 Å². The number of hydrogen-bond acceptors (Lipinski definition) is 4. The molecule has 7 heteroatoms. The number of tetrazole rings is 1. The van der Waals surface area contributed by atoms with Gasteiger partial charge in [0.2, 0.25) is 11.7 Å². The number of anilines is 1. The van der Waals surface area contributed by atoms with Crippen molar-refractivity contribution < 1.29 is 4.79 Å². The molecule has 0 unspecified atom stereocenters. The second-order valence-corrected chi connectivity index (χ2v) is 5.65. The smallest absolute Gasteiger partial charge is 0.248 e. The van der Waals surface area contributed by atoms with E-state index in [-0.39, 0.29) is 12.5 Å². The van der Waals surface area contributed by atoms with Crippen LogP contribution in [0.15, 0.2) is 48.5 Å². The van der Waals surface area contributed by atoms with Gasteiger partial charge in [-0.25, -0.2) is 0 Å². The van der Waals surface area contributed by atoms with Crippen LogP contribution in [0.3, 0.4) is 0 Å². The second kappa shape index (κ2) is 7.23. The van der Waals surface area contributed by atoms with Gasteiger partial charge in [0.1, 0.15) is 6.54 Å². The van der Waals surface area contributed by atoms with Crippen molar-refractivity contribution >= 4 is 23.2 Å². The SMILES string of the molecule is CCc1ccccc1NC(=O)Cn1nnc(-c2ccc(Cl)cc2)n1. The molecule has 1 heterocycles. The van der Waals surface area contributed by atoms with Crippen LogP contribution in [0.2, 0.25) is 5.02 Å². The van der Waals surface area contributed by atoms with Crippen molar-refractivity contribution in [2.75, 3.05) is 5.32 Å². The molecule has 0 aliphatic rings. The van der Waals surface area contributed by atoms with E-state index in [2.05, 4.69) is 20.7 Å². The van der Waals surface area contributed by atoms with E-state index >= 15 is 0 Å². The van der Waals surface area contributed by atoms with Crippen molar-refractivity contribution in [3.05, 3.63) is 59.1 Å². The molecule has 0 radical (unpaired) electrons. The van der Waals surface area contributed by atoms with E-state index in [4.69, 9.17) is 11.6 Å². The van der Waals surface area contributed by atoms with E-state index in [0.717, 1.165) is 23.2 Å². The highest BCUT2D eigenvalue weighted by molar-refractivity contribution is 6.30. The number of aryl methyl sites for hydroxylation is 1. The number of nitrogens with one attached hydrogen (secondary N) is 1. The monoisotopic (exact) mass is 341 g/mol. The van der Waals surface area contributed by atoms with Crippen molar-refractivity contribution in [1.82, 2.24) is 20.2 Å². The van der Waals surface area contributed by atoms with Gasteiger partial charge >= 0.3 is 0 Å². The standard InChI is InChI=1S/C17H16ClN5O/c1-2-12-5-3-4-6-15(12)19-16(24)11-23-21-17(20-22-23)13-7-9-14(18)10-8-13/h3-10H,2,11H2,1H3,(H,19,24). The maximum absolute atomic E-state index is 12.2. The van der Waals surface area contributed by atoms with Gasteiger partial charge in [-0.3, -0.25) is 4.79 Å². The summed E-state index contributed by atoms with van der Waals surface area (Å²) in [4.78, 5) is 13.5. The summed E-state index contributed by atoms with van der Waals surface area (Å²) in [5.74, 6) is 0.254. The molecule has 3 rings (SSSR count). The third-order valence-electron chi connectivity index (χ3n) is 3.51. The lowest BCUT2D eigenvalue weighted by atomic mass is 10.1. The van der Waals surface area contributed by atoms with Crippen LogP contribution in [0.1, 0.15) is 12.5 Å². The Kier molecular flexibility index (Phi) is 4.86. The number of aromatic nitrogens is 4. The lowest BCUT2D eigenvalue weighted by Crippen LogP contribution is -2.21. The third-order valence-corrected chi connectivity index (χ3v) is 3.76. The fraction of sp³-hybridized carbons (Fsp3) is 0.176. The number of nitrogens with zero attached hydrogens (tertiary/aromatic N) is 4. The number of halogens is 1. The molecule has 24 heavy (non-hydrogen) atoms. The van der Waals surface area contributed by atoms with Gasteiger partial charge < -0.3 is 5.32 Å². The van der Waals surface area contributed by atoms with Gasteiger partial charge in [-0.15, -0.1) is 10.2 Å². The molecule has 1 aromatic heterocycles. The fourth-order valence-electron chi connectivity index (χ4n) is 2.29. The zero-order valence-corrected chi connectivity index (χ0v) is 13.9. The highest BCUT2D eigenvalue weighted by Gasteiger charge is 2.10. The van der Waals surface area contributed by atoms with E-state index in [0.29, 0.717) is 10.8 Å². The molecule has 0 spiro atoms. The molecule has 0 aliphatic carbocycles. The van der Waals surface area contributed by atoms with Crippen LogP contribution in [-0.2, 0) is 17.8 Å². The molecule has 1 amide bonds. The Morgan fingerprint density at radius 1 is 1.17 bits per heavy atom. The van der Waals surface area contributed by atoms with Gasteiger partial charge in [0.25, 0.3) is 0 Å². The lowest BCUT2D eigenvalue weighted by molar-refractivity contribution is -0.117. The number of amides is 1. The Morgan fingerprint density at radius 2 is 1.92 bits per heavy atom. The van der Waals surface area contributed by atoms with Gasteiger partial charge in [-0.05, 0) is 47.5 Å². The van der Waals surface area contributed by atoms with Crippen LogP contribution in [0, 0.1) is 0 Å². The normalized spacial score (nSPS) is 10.6. The Morgan fingerprint density at radius 3 is 2.67 bits per heavy atom. The van der Waals surface area contributed by atoms with Gasteiger partial charge in [-0.2, -0.15) is 4.80 Å². The predicted molar refractivity (Wildman–Crippen MR) is 92.7 cm³/mol. The van der Waals surface area contributed by atoms with Crippen LogP contribution in [0.4, 0.5) is 5.69 Å². The zero-order valence-electron chi connectivity index (χ0n) is 13.1. The molecule has 0 bridgehead atoms. The molecule has 0 aliphatic heterocycles. The summed E-state index contributed by atoms with van der Waals surface area (Å²) < 4.78 is 0. The zero-order chi connectivity index (χ0) is 16.9. The first-order valence-corrected chi connectivity index (χ1v) is 7.95. The number of carbonyl (C=O) groups is 1. The van der Waals surface area contributed by atoms with Crippen LogP contribution >= 0.6 is 11.6 Å². The topological polar surface area (TPSA) is 72.7 Å². The van der Waals surface area contributed by atoms with Crippen molar-refractivity contribution in [1.29, 1.82) is 0 Å². The molecule has 2 aromatic carbocycles. The van der Waals surface area contributed by atoms with Crippen molar-refractivity contribution in [2.24, 2.45) is 0 Å². The molecule has 0 saturated carbocycles. The summed E-state index contributed by atoms with van der Waals surface area (Å²) in [6, 6.07) is 14.8. The quantitative estimate of drug-likeness (QED) is 0.773. The first-order valence-electron chi connectivity index (χ1n) is 7.57. The number of carbonyl (C=O) groups excluding carboxylic acids is 1. The number of benzene rings is 2. The van der Waals surface area contributed by atoms with Crippen LogP contribution in [-0.4, -0.2) is 26.1 Å². The summed E-state index contributed by atoms with van der Waals surface area (Å²) in [5.41, 5.74) is 2.68. The van der Waals surface area contributed by atoms with E-state index in [9.17, 15) is 4.79 Å². The largest absolute Gasteiger partial charge is 0.324 e. The third kappa shape index (κ3) is 3.78. The minimum Gasteiger partial charge on any atom is -0.324 e. The molecule has 1 N–H and O–H groups in total. The average Bonchev–Trinajstić information content (AvgIpc) is 3.04. The summed E-state index contributed by atoms with van der Waals surface area (Å²) >= 11 is 5.86. The van der Waals surface area contributed by atoms with Gasteiger partial charge in [0, 0.05) is 16.3 Å². The minimum atomic E-state index is -0.198. The molecule has 0 fully saturated rings. The molecule has 0 atom stereocenters.